The molecule has 0 saturated carbocycles. The Labute approximate surface area is 140 Å². The van der Waals surface area contributed by atoms with Crippen molar-refractivity contribution in [1.82, 2.24) is 0 Å². The van der Waals surface area contributed by atoms with Crippen LogP contribution in [0.5, 0.6) is 11.5 Å². The highest BCUT2D eigenvalue weighted by Crippen LogP contribution is 2.30. The maximum Gasteiger partial charge on any atom is 0.331 e. The first-order chi connectivity index (χ1) is 11.5. The Bertz CT molecular complexity index is 753. The number of ether oxygens (including phenoxy) is 3. The summed E-state index contributed by atoms with van der Waals surface area (Å²) < 4.78 is 28.7. The van der Waals surface area contributed by atoms with Gasteiger partial charge in [0.25, 0.3) is 0 Å². The monoisotopic (exact) mass is 330 g/mol. The number of aryl methyl sites for hydroxylation is 1. The fourth-order valence-electron chi connectivity index (χ4n) is 2.15. The molecule has 0 aliphatic carbocycles. The van der Waals surface area contributed by atoms with E-state index >= 15 is 0 Å². The molecule has 0 amide bonds. The summed E-state index contributed by atoms with van der Waals surface area (Å²) >= 11 is 0. The first-order valence-corrected chi connectivity index (χ1v) is 7.35. The summed E-state index contributed by atoms with van der Waals surface area (Å²) in [5.41, 5.74) is 2.34. The number of rotatable bonds is 6. The Morgan fingerprint density at radius 2 is 1.83 bits per heavy atom. The van der Waals surface area contributed by atoms with E-state index in [1.165, 1.54) is 24.3 Å². The zero-order valence-electron chi connectivity index (χ0n) is 13.8. The third-order valence-electron chi connectivity index (χ3n) is 3.47. The molecule has 5 heteroatoms. The predicted octanol–water partition coefficient (Wildman–Crippen LogP) is 3.91. The number of esters is 1. The van der Waals surface area contributed by atoms with Crippen molar-refractivity contribution in [1.29, 1.82) is 0 Å². The Morgan fingerprint density at radius 1 is 1.12 bits per heavy atom. The Morgan fingerprint density at radius 3 is 2.50 bits per heavy atom. The van der Waals surface area contributed by atoms with Gasteiger partial charge in [-0.05, 0) is 54.0 Å². The van der Waals surface area contributed by atoms with E-state index in [-0.39, 0.29) is 12.4 Å². The van der Waals surface area contributed by atoms with E-state index < -0.39 is 5.97 Å². The van der Waals surface area contributed by atoms with E-state index in [9.17, 15) is 9.18 Å². The van der Waals surface area contributed by atoms with E-state index in [2.05, 4.69) is 0 Å². The molecule has 0 bridgehead atoms. The second-order valence-electron chi connectivity index (χ2n) is 5.13. The van der Waals surface area contributed by atoms with Crippen LogP contribution in [0.1, 0.15) is 16.7 Å². The summed E-state index contributed by atoms with van der Waals surface area (Å²) in [6.07, 6.45) is 2.78. The van der Waals surface area contributed by atoms with Crippen molar-refractivity contribution in [3.8, 4) is 11.5 Å². The molecule has 2 rings (SSSR count). The first kappa shape index (κ1) is 17.5. The van der Waals surface area contributed by atoms with Gasteiger partial charge < -0.3 is 14.2 Å². The maximum atomic E-state index is 13.1. The highest BCUT2D eigenvalue weighted by Gasteiger charge is 2.09. The lowest BCUT2D eigenvalue weighted by Gasteiger charge is -2.12. The van der Waals surface area contributed by atoms with Crippen molar-refractivity contribution in [3.63, 3.8) is 0 Å². The molecule has 0 spiro atoms. The van der Waals surface area contributed by atoms with Gasteiger partial charge in [0.15, 0.2) is 11.5 Å². The largest absolute Gasteiger partial charge is 0.493 e. The number of carbonyl (C=O) groups is 1. The average Bonchev–Trinajstić information content (AvgIpc) is 2.58. The second-order valence-corrected chi connectivity index (χ2v) is 5.13. The number of halogens is 1. The van der Waals surface area contributed by atoms with Crippen molar-refractivity contribution in [2.45, 2.75) is 13.5 Å². The third-order valence-corrected chi connectivity index (χ3v) is 3.47. The van der Waals surface area contributed by atoms with Gasteiger partial charge >= 0.3 is 5.97 Å². The minimum Gasteiger partial charge on any atom is -0.493 e. The van der Waals surface area contributed by atoms with Gasteiger partial charge in [-0.1, -0.05) is 12.1 Å². The molecule has 0 N–H and O–H groups in total. The minimum absolute atomic E-state index is 0.110. The SMILES string of the molecule is COc1cc(C)c(COC(=O)/C=C/c2cccc(F)c2)cc1OC. The highest BCUT2D eigenvalue weighted by molar-refractivity contribution is 5.87. The third kappa shape index (κ3) is 4.59. The second kappa shape index (κ2) is 8.15. The topological polar surface area (TPSA) is 44.8 Å². The summed E-state index contributed by atoms with van der Waals surface area (Å²) in [5, 5.41) is 0. The van der Waals surface area contributed by atoms with Crippen molar-refractivity contribution in [3.05, 3.63) is 65.0 Å². The number of methoxy groups -OCH3 is 2. The fourth-order valence-corrected chi connectivity index (χ4v) is 2.15. The van der Waals surface area contributed by atoms with Crippen LogP contribution in [0.4, 0.5) is 4.39 Å². The summed E-state index contributed by atoms with van der Waals surface area (Å²) in [6, 6.07) is 9.55. The van der Waals surface area contributed by atoms with Gasteiger partial charge in [0.2, 0.25) is 0 Å². The molecule has 24 heavy (non-hydrogen) atoms. The average molecular weight is 330 g/mol. The molecule has 0 aliphatic rings. The molecule has 0 unspecified atom stereocenters. The van der Waals surface area contributed by atoms with Gasteiger partial charge in [0.1, 0.15) is 12.4 Å². The molecule has 0 atom stereocenters. The van der Waals surface area contributed by atoms with Crippen molar-refractivity contribution < 1.29 is 23.4 Å². The van der Waals surface area contributed by atoms with Crippen LogP contribution in [0.2, 0.25) is 0 Å². The van der Waals surface area contributed by atoms with Gasteiger partial charge in [-0.3, -0.25) is 0 Å². The van der Waals surface area contributed by atoms with Crippen molar-refractivity contribution in [2.75, 3.05) is 14.2 Å². The van der Waals surface area contributed by atoms with Gasteiger partial charge in [0.05, 0.1) is 14.2 Å². The van der Waals surface area contributed by atoms with Gasteiger partial charge in [0, 0.05) is 6.08 Å². The Balaban J connectivity index is 2.01. The van der Waals surface area contributed by atoms with Crippen LogP contribution in [-0.2, 0) is 16.1 Å². The lowest BCUT2D eigenvalue weighted by Crippen LogP contribution is -2.03. The molecule has 0 aromatic heterocycles. The molecule has 0 aliphatic heterocycles. The van der Waals surface area contributed by atoms with Gasteiger partial charge in [-0.15, -0.1) is 0 Å². The molecular weight excluding hydrogens is 311 g/mol. The predicted molar refractivity (Wildman–Crippen MR) is 89.5 cm³/mol. The summed E-state index contributed by atoms with van der Waals surface area (Å²) in [4.78, 5) is 11.8. The molecule has 2 aromatic rings. The number of benzene rings is 2. The van der Waals surface area contributed by atoms with Crippen LogP contribution < -0.4 is 9.47 Å². The molecule has 4 nitrogen and oxygen atoms in total. The number of hydrogen-bond acceptors (Lipinski definition) is 4. The lowest BCUT2D eigenvalue weighted by molar-refractivity contribution is -0.138. The summed E-state index contributed by atoms with van der Waals surface area (Å²) in [6.45, 7) is 2.01. The summed E-state index contributed by atoms with van der Waals surface area (Å²) in [7, 11) is 3.11. The first-order valence-electron chi connectivity index (χ1n) is 7.35. The highest BCUT2D eigenvalue weighted by atomic mass is 19.1. The molecule has 0 saturated heterocycles. The number of carbonyl (C=O) groups excluding carboxylic acids is 1. The standard InChI is InChI=1S/C19H19FO4/c1-13-9-17(22-2)18(23-3)11-15(13)12-24-19(21)8-7-14-5-4-6-16(20)10-14/h4-11H,12H2,1-3H3/b8-7+. The molecule has 126 valence electrons. The number of hydrogen-bond donors (Lipinski definition) is 0. The minimum atomic E-state index is -0.506. The molecular formula is C19H19FO4. The zero-order chi connectivity index (χ0) is 17.5. The Hall–Kier alpha value is -2.82. The molecule has 0 heterocycles. The van der Waals surface area contributed by atoms with E-state index in [4.69, 9.17) is 14.2 Å². The quantitative estimate of drug-likeness (QED) is 0.595. The lowest BCUT2D eigenvalue weighted by atomic mass is 10.1. The van der Waals surface area contributed by atoms with Gasteiger partial charge in [-0.25, -0.2) is 9.18 Å². The van der Waals surface area contributed by atoms with Crippen LogP contribution in [0.15, 0.2) is 42.5 Å². The van der Waals surface area contributed by atoms with Crippen molar-refractivity contribution >= 4 is 12.0 Å². The normalized spacial score (nSPS) is 10.7. The zero-order valence-corrected chi connectivity index (χ0v) is 13.8. The maximum absolute atomic E-state index is 13.1. The van der Waals surface area contributed by atoms with Crippen molar-refractivity contribution in [2.24, 2.45) is 0 Å². The smallest absolute Gasteiger partial charge is 0.331 e. The van der Waals surface area contributed by atoms with E-state index in [0.29, 0.717) is 17.1 Å². The van der Waals surface area contributed by atoms with Crippen LogP contribution in [0, 0.1) is 12.7 Å². The van der Waals surface area contributed by atoms with Gasteiger partial charge in [-0.2, -0.15) is 0 Å². The van der Waals surface area contributed by atoms with Crippen LogP contribution in [-0.4, -0.2) is 20.2 Å². The van der Waals surface area contributed by atoms with E-state index in [0.717, 1.165) is 11.1 Å². The Kier molecular flexibility index (Phi) is 5.95. The summed E-state index contributed by atoms with van der Waals surface area (Å²) in [5.74, 6) is 0.334. The fraction of sp³-hybridized carbons (Fsp3) is 0.211. The molecule has 2 aromatic carbocycles. The van der Waals surface area contributed by atoms with Crippen LogP contribution in [0.3, 0.4) is 0 Å². The van der Waals surface area contributed by atoms with E-state index in [1.54, 1.807) is 32.4 Å². The van der Waals surface area contributed by atoms with E-state index in [1.807, 2.05) is 13.0 Å². The molecule has 0 radical (unpaired) electrons. The van der Waals surface area contributed by atoms with Crippen LogP contribution >= 0.6 is 0 Å². The van der Waals surface area contributed by atoms with Crippen LogP contribution in [0.25, 0.3) is 6.08 Å². The molecule has 0 fully saturated rings.